The van der Waals surface area contributed by atoms with Crippen molar-refractivity contribution in [2.45, 2.75) is 45.6 Å². The fraction of sp³-hybridized carbons (Fsp3) is 0.727. The molecule has 13 heavy (non-hydrogen) atoms. The maximum atomic E-state index is 4.24. The standard InChI is InChI=1S/C11H17N2/c1-9(2)6-8-13-11(5-7-12-13)10-3-4-10/h5,9-10H,3-4,6,8H2,1-2H3. The van der Waals surface area contributed by atoms with Gasteiger partial charge in [0, 0.05) is 18.2 Å². The number of hydrogen-bond donors (Lipinski definition) is 0. The van der Waals surface area contributed by atoms with Gasteiger partial charge in [0.05, 0.1) is 0 Å². The Labute approximate surface area is 80.0 Å². The molecule has 71 valence electrons. The van der Waals surface area contributed by atoms with E-state index >= 15 is 0 Å². The van der Waals surface area contributed by atoms with E-state index in [2.05, 4.69) is 35.9 Å². The Hall–Kier alpha value is -0.790. The van der Waals surface area contributed by atoms with Crippen LogP contribution in [-0.4, -0.2) is 9.78 Å². The average Bonchev–Trinajstić information content (AvgIpc) is 2.82. The summed E-state index contributed by atoms with van der Waals surface area (Å²) in [6.07, 6.45) is 6.87. The molecule has 1 aromatic heterocycles. The van der Waals surface area contributed by atoms with Crippen LogP contribution in [0.25, 0.3) is 0 Å². The van der Waals surface area contributed by atoms with Crippen molar-refractivity contribution in [1.82, 2.24) is 9.78 Å². The summed E-state index contributed by atoms with van der Waals surface area (Å²) < 4.78 is 2.14. The minimum absolute atomic E-state index is 0.760. The van der Waals surface area contributed by atoms with Crippen LogP contribution >= 0.6 is 0 Å². The van der Waals surface area contributed by atoms with E-state index in [4.69, 9.17) is 0 Å². The predicted octanol–water partition coefficient (Wildman–Crippen LogP) is 2.61. The van der Waals surface area contributed by atoms with Crippen molar-refractivity contribution in [2.24, 2.45) is 5.92 Å². The van der Waals surface area contributed by atoms with Crippen LogP contribution in [0.15, 0.2) is 6.07 Å². The highest BCUT2D eigenvalue weighted by atomic mass is 15.3. The monoisotopic (exact) mass is 177 g/mol. The first kappa shape index (κ1) is 8.79. The third-order valence-electron chi connectivity index (χ3n) is 2.60. The number of hydrogen-bond acceptors (Lipinski definition) is 1. The van der Waals surface area contributed by atoms with Crippen molar-refractivity contribution in [3.05, 3.63) is 18.0 Å². The van der Waals surface area contributed by atoms with Crippen molar-refractivity contribution in [1.29, 1.82) is 0 Å². The summed E-state index contributed by atoms with van der Waals surface area (Å²) >= 11 is 0. The first-order valence-corrected chi connectivity index (χ1v) is 5.21. The largest absolute Gasteiger partial charge is 0.269 e. The van der Waals surface area contributed by atoms with Crippen LogP contribution in [0.5, 0.6) is 0 Å². The molecule has 1 aliphatic rings. The first-order chi connectivity index (χ1) is 6.27. The second kappa shape index (κ2) is 3.52. The van der Waals surface area contributed by atoms with Crippen LogP contribution in [0.3, 0.4) is 0 Å². The molecule has 0 bridgehead atoms. The van der Waals surface area contributed by atoms with E-state index in [0.717, 1.165) is 18.4 Å². The van der Waals surface area contributed by atoms with Crippen LogP contribution in [0.4, 0.5) is 0 Å². The summed E-state index contributed by atoms with van der Waals surface area (Å²) in [7, 11) is 0. The summed E-state index contributed by atoms with van der Waals surface area (Å²) in [5.41, 5.74) is 1.40. The molecule has 1 fully saturated rings. The lowest BCUT2D eigenvalue weighted by Crippen LogP contribution is -2.06. The zero-order valence-corrected chi connectivity index (χ0v) is 8.45. The van der Waals surface area contributed by atoms with E-state index in [0.29, 0.717) is 0 Å². The second-order valence-corrected chi connectivity index (χ2v) is 4.38. The highest BCUT2D eigenvalue weighted by Crippen LogP contribution is 2.39. The van der Waals surface area contributed by atoms with Crippen LogP contribution in [0.2, 0.25) is 0 Å². The van der Waals surface area contributed by atoms with Gasteiger partial charge in [0.2, 0.25) is 0 Å². The Bertz CT molecular complexity index is 271. The summed E-state index contributed by atoms with van der Waals surface area (Å²) in [4.78, 5) is 0. The molecule has 2 nitrogen and oxygen atoms in total. The molecular formula is C11H17N2. The minimum atomic E-state index is 0.760. The summed E-state index contributed by atoms with van der Waals surface area (Å²) in [5.74, 6) is 1.56. The Kier molecular flexibility index (Phi) is 2.38. The zero-order chi connectivity index (χ0) is 9.26. The summed E-state index contributed by atoms with van der Waals surface area (Å²) in [6, 6.07) is 2.05. The number of rotatable bonds is 4. The molecule has 0 atom stereocenters. The van der Waals surface area contributed by atoms with E-state index in [1.165, 1.54) is 25.0 Å². The van der Waals surface area contributed by atoms with E-state index in [9.17, 15) is 0 Å². The highest BCUT2D eigenvalue weighted by molar-refractivity contribution is 5.13. The topological polar surface area (TPSA) is 17.8 Å². The molecule has 1 aliphatic carbocycles. The smallest absolute Gasteiger partial charge is 0.113 e. The van der Waals surface area contributed by atoms with Crippen molar-refractivity contribution >= 4 is 0 Å². The molecule has 0 aromatic carbocycles. The number of nitrogens with zero attached hydrogens (tertiary/aromatic N) is 2. The van der Waals surface area contributed by atoms with Crippen LogP contribution in [0.1, 0.15) is 44.7 Å². The zero-order valence-electron chi connectivity index (χ0n) is 8.45. The van der Waals surface area contributed by atoms with Gasteiger partial charge in [-0.15, -0.1) is 0 Å². The van der Waals surface area contributed by atoms with Crippen molar-refractivity contribution in [3.8, 4) is 0 Å². The molecule has 1 saturated carbocycles. The van der Waals surface area contributed by atoms with Gasteiger partial charge in [-0.2, -0.15) is 5.10 Å². The number of aryl methyl sites for hydroxylation is 1. The molecule has 1 heterocycles. The van der Waals surface area contributed by atoms with Crippen molar-refractivity contribution in [3.63, 3.8) is 0 Å². The Balaban J connectivity index is 1.98. The van der Waals surface area contributed by atoms with Crippen molar-refractivity contribution in [2.75, 3.05) is 0 Å². The summed E-state index contributed by atoms with van der Waals surface area (Å²) in [6.45, 7) is 5.57. The Morgan fingerprint density at radius 3 is 3.00 bits per heavy atom. The van der Waals surface area contributed by atoms with Gasteiger partial charge in [0.15, 0.2) is 0 Å². The fourth-order valence-electron chi connectivity index (χ4n) is 1.56. The molecule has 0 spiro atoms. The lowest BCUT2D eigenvalue weighted by molar-refractivity contribution is 0.475. The molecular weight excluding hydrogens is 160 g/mol. The molecule has 0 aliphatic heterocycles. The summed E-state index contributed by atoms with van der Waals surface area (Å²) in [5, 5.41) is 4.24. The van der Waals surface area contributed by atoms with Gasteiger partial charge in [-0.25, -0.2) is 0 Å². The minimum Gasteiger partial charge on any atom is -0.269 e. The van der Waals surface area contributed by atoms with Gasteiger partial charge >= 0.3 is 0 Å². The van der Waals surface area contributed by atoms with Crippen LogP contribution in [-0.2, 0) is 6.54 Å². The van der Waals surface area contributed by atoms with Crippen LogP contribution < -0.4 is 0 Å². The Morgan fingerprint density at radius 2 is 2.38 bits per heavy atom. The van der Waals surface area contributed by atoms with E-state index in [1.807, 2.05) is 0 Å². The van der Waals surface area contributed by atoms with Crippen molar-refractivity contribution < 1.29 is 0 Å². The quantitative estimate of drug-likeness (QED) is 0.691. The number of aromatic nitrogens is 2. The van der Waals surface area contributed by atoms with Gasteiger partial charge in [-0.05, 0) is 31.2 Å². The molecule has 0 unspecified atom stereocenters. The molecule has 1 radical (unpaired) electrons. The van der Waals surface area contributed by atoms with E-state index < -0.39 is 0 Å². The van der Waals surface area contributed by atoms with Crippen LogP contribution in [0, 0.1) is 12.1 Å². The highest BCUT2D eigenvalue weighted by Gasteiger charge is 2.26. The maximum Gasteiger partial charge on any atom is 0.113 e. The SMILES string of the molecule is CC(C)CCn1n[c]cc1C1CC1. The van der Waals surface area contributed by atoms with E-state index in [1.54, 1.807) is 0 Å². The molecule has 1 aromatic rings. The Morgan fingerprint density at radius 1 is 1.62 bits per heavy atom. The van der Waals surface area contributed by atoms with Gasteiger partial charge in [0.1, 0.15) is 6.20 Å². The predicted molar refractivity (Wildman–Crippen MR) is 52.5 cm³/mol. The first-order valence-electron chi connectivity index (χ1n) is 5.21. The molecule has 0 saturated heterocycles. The molecule has 2 heteroatoms. The van der Waals surface area contributed by atoms with Gasteiger partial charge < -0.3 is 0 Å². The second-order valence-electron chi connectivity index (χ2n) is 4.38. The lowest BCUT2D eigenvalue weighted by atomic mass is 10.1. The third-order valence-corrected chi connectivity index (χ3v) is 2.60. The van der Waals surface area contributed by atoms with Gasteiger partial charge in [0.25, 0.3) is 0 Å². The van der Waals surface area contributed by atoms with Gasteiger partial charge in [-0.1, -0.05) is 13.8 Å². The average molecular weight is 177 g/mol. The fourth-order valence-corrected chi connectivity index (χ4v) is 1.56. The third kappa shape index (κ3) is 2.11. The molecule has 0 amide bonds. The van der Waals surface area contributed by atoms with Gasteiger partial charge in [-0.3, -0.25) is 4.68 Å². The maximum absolute atomic E-state index is 4.24. The molecule has 0 N–H and O–H groups in total. The van der Waals surface area contributed by atoms with E-state index in [-0.39, 0.29) is 0 Å². The normalized spacial score (nSPS) is 16.8. The molecule has 2 rings (SSSR count). The lowest BCUT2D eigenvalue weighted by Gasteiger charge is -2.08.